The van der Waals surface area contributed by atoms with Crippen molar-refractivity contribution in [3.63, 3.8) is 0 Å². The van der Waals surface area contributed by atoms with Crippen LogP contribution in [0.3, 0.4) is 0 Å². The molecule has 1 unspecified atom stereocenters. The summed E-state index contributed by atoms with van der Waals surface area (Å²) >= 11 is 0. The third kappa shape index (κ3) is 4.65. The first-order chi connectivity index (χ1) is 8.38. The number of carbonyl (C=O) groups is 1. The van der Waals surface area contributed by atoms with Crippen molar-refractivity contribution in [2.75, 3.05) is 0 Å². The van der Waals surface area contributed by atoms with Crippen molar-refractivity contribution in [2.24, 2.45) is 5.92 Å². The monoisotopic (exact) mass is 251 g/mol. The lowest BCUT2D eigenvalue weighted by Gasteiger charge is -2.15. The zero-order valence-electron chi connectivity index (χ0n) is 11.1. The summed E-state index contributed by atoms with van der Waals surface area (Å²) in [6, 6.07) is 3.94. The van der Waals surface area contributed by atoms with Gasteiger partial charge in [-0.3, -0.25) is 4.79 Å². The van der Waals surface area contributed by atoms with Gasteiger partial charge in [-0.2, -0.15) is 0 Å². The maximum absolute atomic E-state index is 11.9. The fourth-order valence-corrected chi connectivity index (χ4v) is 1.69. The minimum atomic E-state index is -0.280. The van der Waals surface area contributed by atoms with Crippen LogP contribution in [0.25, 0.3) is 0 Å². The highest BCUT2D eigenvalue weighted by molar-refractivity contribution is 5.95. The maximum Gasteiger partial charge on any atom is 0.251 e. The quantitative estimate of drug-likeness (QED) is 0.753. The van der Waals surface area contributed by atoms with Crippen molar-refractivity contribution < 1.29 is 15.0 Å². The molecule has 0 aliphatic carbocycles. The van der Waals surface area contributed by atoms with E-state index in [1.807, 2.05) is 6.92 Å². The number of benzene rings is 1. The van der Waals surface area contributed by atoms with Crippen LogP contribution in [0.1, 0.15) is 44.0 Å². The van der Waals surface area contributed by atoms with E-state index in [9.17, 15) is 15.0 Å². The summed E-state index contributed by atoms with van der Waals surface area (Å²) in [6.45, 7) is 6.23. The molecule has 0 saturated carbocycles. The molecule has 18 heavy (non-hydrogen) atoms. The molecule has 1 atom stereocenters. The lowest BCUT2D eigenvalue weighted by molar-refractivity contribution is 0.0936. The first kappa shape index (κ1) is 14.4. The predicted octanol–water partition coefficient (Wildman–Crippen LogP) is 2.65. The SMILES string of the molecule is CC(C)CCC(C)NC(=O)c1cc(O)cc(O)c1. The molecule has 0 fully saturated rings. The van der Waals surface area contributed by atoms with Gasteiger partial charge in [-0.05, 0) is 37.8 Å². The summed E-state index contributed by atoms with van der Waals surface area (Å²) in [4.78, 5) is 11.9. The largest absolute Gasteiger partial charge is 0.508 e. The Bertz CT molecular complexity index is 395. The first-order valence-corrected chi connectivity index (χ1v) is 6.22. The highest BCUT2D eigenvalue weighted by Gasteiger charge is 2.12. The Kier molecular flexibility index (Phi) is 5.01. The molecule has 1 amide bonds. The van der Waals surface area contributed by atoms with Gasteiger partial charge in [-0.15, -0.1) is 0 Å². The second kappa shape index (κ2) is 6.28. The summed E-state index contributed by atoms with van der Waals surface area (Å²) in [5, 5.41) is 21.5. The van der Waals surface area contributed by atoms with Crippen molar-refractivity contribution in [3.05, 3.63) is 23.8 Å². The van der Waals surface area contributed by atoms with Crippen LogP contribution in [0.4, 0.5) is 0 Å². The topological polar surface area (TPSA) is 69.6 Å². The Morgan fingerprint density at radius 1 is 1.11 bits per heavy atom. The van der Waals surface area contributed by atoms with Gasteiger partial charge in [0.2, 0.25) is 0 Å². The Hall–Kier alpha value is -1.71. The zero-order chi connectivity index (χ0) is 13.7. The molecule has 1 rings (SSSR count). The summed E-state index contributed by atoms with van der Waals surface area (Å²) in [7, 11) is 0. The molecule has 1 aromatic carbocycles. The van der Waals surface area contributed by atoms with Gasteiger partial charge in [0.05, 0.1) is 0 Å². The molecule has 3 N–H and O–H groups in total. The molecule has 0 aromatic heterocycles. The van der Waals surface area contributed by atoms with Gasteiger partial charge < -0.3 is 15.5 Å². The van der Waals surface area contributed by atoms with Gasteiger partial charge in [0.15, 0.2) is 0 Å². The normalized spacial score (nSPS) is 12.4. The van der Waals surface area contributed by atoms with E-state index in [4.69, 9.17) is 0 Å². The molecule has 100 valence electrons. The first-order valence-electron chi connectivity index (χ1n) is 6.22. The second-order valence-electron chi connectivity index (χ2n) is 5.08. The Labute approximate surface area is 108 Å². The van der Waals surface area contributed by atoms with E-state index in [0.717, 1.165) is 12.8 Å². The molecule has 4 heteroatoms. The van der Waals surface area contributed by atoms with Crippen LogP contribution in [-0.4, -0.2) is 22.2 Å². The predicted molar refractivity (Wildman–Crippen MR) is 70.8 cm³/mol. The van der Waals surface area contributed by atoms with Crippen LogP contribution >= 0.6 is 0 Å². The fourth-order valence-electron chi connectivity index (χ4n) is 1.69. The van der Waals surface area contributed by atoms with Crippen LogP contribution < -0.4 is 5.32 Å². The van der Waals surface area contributed by atoms with Gasteiger partial charge in [-0.1, -0.05) is 13.8 Å². The zero-order valence-corrected chi connectivity index (χ0v) is 11.1. The van der Waals surface area contributed by atoms with E-state index in [1.165, 1.54) is 18.2 Å². The Morgan fingerprint density at radius 2 is 1.67 bits per heavy atom. The number of hydrogen-bond donors (Lipinski definition) is 3. The number of carbonyl (C=O) groups excluding carboxylic acids is 1. The molecule has 0 heterocycles. The number of aromatic hydroxyl groups is 2. The number of phenolic OH excluding ortho intramolecular Hbond substituents is 2. The highest BCUT2D eigenvalue weighted by Crippen LogP contribution is 2.20. The molecule has 0 aliphatic rings. The second-order valence-corrected chi connectivity index (χ2v) is 5.08. The Balaban J connectivity index is 2.59. The average Bonchev–Trinajstić information content (AvgIpc) is 2.25. The van der Waals surface area contributed by atoms with Crippen LogP contribution in [0.2, 0.25) is 0 Å². The molecule has 0 spiro atoms. The van der Waals surface area contributed by atoms with Gasteiger partial charge >= 0.3 is 0 Å². The average molecular weight is 251 g/mol. The van der Waals surface area contributed by atoms with Crippen molar-refractivity contribution in [3.8, 4) is 11.5 Å². The molecule has 1 aromatic rings. The molecule has 0 radical (unpaired) electrons. The third-order valence-electron chi connectivity index (χ3n) is 2.72. The van der Waals surface area contributed by atoms with Crippen molar-refractivity contribution in [1.29, 1.82) is 0 Å². The fraction of sp³-hybridized carbons (Fsp3) is 0.500. The number of amides is 1. The van der Waals surface area contributed by atoms with E-state index in [1.54, 1.807) is 0 Å². The van der Waals surface area contributed by atoms with Crippen LogP contribution in [0, 0.1) is 5.92 Å². The summed E-state index contributed by atoms with van der Waals surface area (Å²) in [5.41, 5.74) is 0.267. The molecular formula is C14H21NO3. The van der Waals surface area contributed by atoms with Gasteiger partial charge in [0.25, 0.3) is 5.91 Å². The summed E-state index contributed by atoms with van der Waals surface area (Å²) in [5.74, 6) is 0.0941. The van der Waals surface area contributed by atoms with Gasteiger partial charge in [0.1, 0.15) is 11.5 Å². The third-order valence-corrected chi connectivity index (χ3v) is 2.72. The van der Waals surface area contributed by atoms with Crippen molar-refractivity contribution in [2.45, 2.75) is 39.7 Å². The minimum absolute atomic E-state index is 0.0735. The van der Waals surface area contributed by atoms with Crippen molar-refractivity contribution in [1.82, 2.24) is 5.32 Å². The number of hydrogen-bond acceptors (Lipinski definition) is 3. The number of rotatable bonds is 5. The molecular weight excluding hydrogens is 230 g/mol. The minimum Gasteiger partial charge on any atom is -0.508 e. The number of nitrogens with one attached hydrogen (secondary N) is 1. The van der Waals surface area contributed by atoms with Gasteiger partial charge in [0, 0.05) is 17.7 Å². The van der Waals surface area contributed by atoms with E-state index < -0.39 is 0 Å². The highest BCUT2D eigenvalue weighted by atomic mass is 16.3. The summed E-state index contributed by atoms with van der Waals surface area (Å²) in [6.07, 6.45) is 1.96. The summed E-state index contributed by atoms with van der Waals surface area (Å²) < 4.78 is 0. The maximum atomic E-state index is 11.9. The molecule has 0 bridgehead atoms. The molecule has 4 nitrogen and oxygen atoms in total. The van der Waals surface area contributed by atoms with Crippen LogP contribution in [0.15, 0.2) is 18.2 Å². The van der Waals surface area contributed by atoms with Crippen LogP contribution in [0.5, 0.6) is 11.5 Å². The molecule has 0 aliphatic heterocycles. The van der Waals surface area contributed by atoms with E-state index in [2.05, 4.69) is 19.2 Å². The smallest absolute Gasteiger partial charge is 0.251 e. The van der Waals surface area contributed by atoms with Gasteiger partial charge in [-0.25, -0.2) is 0 Å². The number of phenols is 2. The van der Waals surface area contributed by atoms with E-state index in [-0.39, 0.29) is 29.0 Å². The van der Waals surface area contributed by atoms with Crippen LogP contribution in [-0.2, 0) is 0 Å². The lowest BCUT2D eigenvalue weighted by Crippen LogP contribution is -2.32. The molecule has 0 saturated heterocycles. The lowest BCUT2D eigenvalue weighted by atomic mass is 10.0. The van der Waals surface area contributed by atoms with Crippen molar-refractivity contribution >= 4 is 5.91 Å². The van der Waals surface area contributed by atoms with E-state index >= 15 is 0 Å². The van der Waals surface area contributed by atoms with E-state index in [0.29, 0.717) is 5.92 Å². The standard InChI is InChI=1S/C14H21NO3/c1-9(2)4-5-10(3)15-14(18)11-6-12(16)8-13(17)7-11/h6-10,16-17H,4-5H2,1-3H3,(H,15,18). The Morgan fingerprint density at radius 3 is 2.17 bits per heavy atom.